The number of hydrogen-bond acceptors (Lipinski definition) is 7. The van der Waals surface area contributed by atoms with E-state index in [4.69, 9.17) is 10.8 Å². The first kappa shape index (κ1) is 24.5. The fraction of sp³-hybridized carbons (Fsp3) is 0.550. The second kappa shape index (κ2) is 11.6. The number of nitrogens with zero attached hydrogens (tertiary/aromatic N) is 3. The van der Waals surface area contributed by atoms with Crippen LogP contribution in [0.2, 0.25) is 0 Å². The summed E-state index contributed by atoms with van der Waals surface area (Å²) >= 11 is 0. The molecule has 6 N–H and O–H groups in total. The number of carboxylic acid groups (broad SMARTS) is 3. The van der Waals surface area contributed by atoms with Crippen LogP contribution in [0.3, 0.4) is 0 Å². The van der Waals surface area contributed by atoms with Crippen LogP contribution < -0.4 is 15.5 Å². The Kier molecular flexibility index (Phi) is 9.19. The molecule has 11 heteroatoms. The minimum atomic E-state index is -0.984. The van der Waals surface area contributed by atoms with Crippen LogP contribution in [0.4, 0.5) is 11.4 Å². The van der Waals surface area contributed by atoms with Crippen LogP contribution in [0.1, 0.15) is 0 Å². The Morgan fingerprint density at radius 1 is 0.839 bits per heavy atom. The highest BCUT2D eigenvalue weighted by molar-refractivity contribution is 5.72. The van der Waals surface area contributed by atoms with Crippen molar-refractivity contribution in [2.75, 3.05) is 77.7 Å². The maximum Gasteiger partial charge on any atom is 0.359 e. The van der Waals surface area contributed by atoms with Gasteiger partial charge in [0, 0.05) is 57.1 Å². The Balaban J connectivity index is 2.29. The molecule has 1 aromatic carbocycles. The predicted octanol–water partition coefficient (Wildman–Crippen LogP) is -0.963. The van der Waals surface area contributed by atoms with Gasteiger partial charge in [-0.3, -0.25) is 23.9 Å². The third kappa shape index (κ3) is 8.13. The summed E-state index contributed by atoms with van der Waals surface area (Å²) in [7, 11) is 0. The van der Waals surface area contributed by atoms with Gasteiger partial charge in [0.2, 0.25) is 0 Å². The quantitative estimate of drug-likeness (QED) is 0.265. The maximum absolute atomic E-state index is 11.8. The van der Waals surface area contributed by atoms with Gasteiger partial charge in [-0.05, 0) is 12.1 Å². The number of quaternary nitrogens is 1. The molecule has 0 spiro atoms. The molecule has 0 aromatic heterocycles. The number of rotatable bonds is 7. The van der Waals surface area contributed by atoms with E-state index in [-0.39, 0.29) is 24.1 Å². The lowest BCUT2D eigenvalue weighted by atomic mass is 10.2. The SMILES string of the molecule is Nc1ccc([N+]2(CC(=O)O)CCNCCN(CC(=O)O)CCN(CC(=O)O)CC2)cc1. The van der Waals surface area contributed by atoms with Gasteiger partial charge >= 0.3 is 17.9 Å². The third-order valence-electron chi connectivity index (χ3n) is 5.49. The largest absolute Gasteiger partial charge is 0.480 e. The average molecular weight is 439 g/mol. The normalized spacial score (nSPS) is 22.2. The van der Waals surface area contributed by atoms with Gasteiger partial charge < -0.3 is 26.4 Å². The zero-order chi connectivity index (χ0) is 22.9. The summed E-state index contributed by atoms with van der Waals surface area (Å²) in [4.78, 5) is 37.8. The van der Waals surface area contributed by atoms with Gasteiger partial charge in [0.25, 0.3) is 0 Å². The van der Waals surface area contributed by atoms with Crippen LogP contribution in [0.5, 0.6) is 0 Å². The summed E-state index contributed by atoms with van der Waals surface area (Å²) in [5, 5.41) is 31.4. The molecule has 1 aliphatic heterocycles. The molecule has 1 heterocycles. The van der Waals surface area contributed by atoms with Crippen molar-refractivity contribution in [3.05, 3.63) is 24.3 Å². The topological polar surface area (TPSA) is 156 Å². The number of nitrogen functional groups attached to an aromatic ring is 1. The molecule has 0 amide bonds. The smallest absolute Gasteiger partial charge is 0.359 e. The summed E-state index contributed by atoms with van der Waals surface area (Å²) in [6.07, 6.45) is 0. The molecule has 172 valence electrons. The molecular weight excluding hydrogens is 406 g/mol. The fourth-order valence-corrected chi connectivity index (χ4v) is 3.86. The Hall–Kier alpha value is -2.73. The molecule has 1 atom stereocenters. The van der Waals surface area contributed by atoms with Crippen molar-refractivity contribution in [1.82, 2.24) is 19.6 Å². The molecule has 0 radical (unpaired) electrons. The molecule has 0 bridgehead atoms. The lowest BCUT2D eigenvalue weighted by Gasteiger charge is -2.39. The van der Waals surface area contributed by atoms with Crippen molar-refractivity contribution in [3.8, 4) is 0 Å². The Bertz CT molecular complexity index is 759. The third-order valence-corrected chi connectivity index (χ3v) is 5.49. The van der Waals surface area contributed by atoms with E-state index in [9.17, 15) is 24.6 Å². The lowest BCUT2D eigenvalue weighted by molar-refractivity contribution is -0.140. The maximum atomic E-state index is 11.8. The van der Waals surface area contributed by atoms with Gasteiger partial charge in [-0.25, -0.2) is 4.79 Å². The highest BCUT2D eigenvalue weighted by Gasteiger charge is 2.34. The Morgan fingerprint density at radius 2 is 1.42 bits per heavy atom. The summed E-state index contributed by atoms with van der Waals surface area (Å²) in [6.45, 7) is 3.10. The number of nitrogens with one attached hydrogen (secondary N) is 1. The van der Waals surface area contributed by atoms with Crippen LogP contribution in [-0.4, -0.2) is 115 Å². The molecule has 2 rings (SSSR count). The molecule has 31 heavy (non-hydrogen) atoms. The molecule has 1 fully saturated rings. The number of carboxylic acids is 3. The second-order valence-electron chi connectivity index (χ2n) is 7.83. The Morgan fingerprint density at radius 3 is 1.97 bits per heavy atom. The van der Waals surface area contributed by atoms with Gasteiger partial charge in [0.15, 0.2) is 6.54 Å². The predicted molar refractivity (Wildman–Crippen MR) is 116 cm³/mol. The first-order valence-corrected chi connectivity index (χ1v) is 10.2. The van der Waals surface area contributed by atoms with Crippen molar-refractivity contribution < 1.29 is 29.7 Å². The summed E-state index contributed by atoms with van der Waals surface area (Å²) in [5.41, 5.74) is 7.19. The monoisotopic (exact) mass is 438 g/mol. The standard InChI is InChI=1S/C20H31N5O6/c21-16-1-3-17(4-2-16)25(15-20(30)31)11-6-22-5-7-23(13-18(26)27)8-9-24(10-12-25)14-19(28)29/h1-4,22H,5-15,21H2,(H2-,26,27,28,29,30,31)/p+1. The number of anilines is 1. The van der Waals surface area contributed by atoms with Crippen molar-refractivity contribution in [2.24, 2.45) is 0 Å². The van der Waals surface area contributed by atoms with Crippen molar-refractivity contribution in [1.29, 1.82) is 0 Å². The summed E-state index contributed by atoms with van der Waals surface area (Å²) < 4.78 is 0.150. The van der Waals surface area contributed by atoms with Crippen molar-refractivity contribution in [2.45, 2.75) is 0 Å². The van der Waals surface area contributed by atoms with Crippen LogP contribution in [0.25, 0.3) is 0 Å². The van der Waals surface area contributed by atoms with Crippen LogP contribution in [-0.2, 0) is 14.4 Å². The summed E-state index contributed by atoms with van der Waals surface area (Å²) in [5.74, 6) is -2.86. The number of hydrogen-bond donors (Lipinski definition) is 5. The molecule has 1 aromatic rings. The first-order chi connectivity index (χ1) is 14.7. The molecule has 0 saturated carbocycles. The van der Waals surface area contributed by atoms with Gasteiger partial charge in [0.05, 0.1) is 26.2 Å². The average Bonchev–Trinajstić information content (AvgIpc) is 2.67. The molecule has 1 unspecified atom stereocenters. The number of carbonyl (C=O) groups is 3. The van der Waals surface area contributed by atoms with Crippen molar-refractivity contribution in [3.63, 3.8) is 0 Å². The van der Waals surface area contributed by atoms with E-state index in [1.165, 1.54) is 0 Å². The van der Waals surface area contributed by atoms with Crippen molar-refractivity contribution >= 4 is 29.3 Å². The van der Waals surface area contributed by atoms with E-state index in [2.05, 4.69) is 5.32 Å². The molecular formula is C20H32N5O6+. The highest BCUT2D eigenvalue weighted by atomic mass is 16.4. The van der Waals surface area contributed by atoms with E-state index in [1.54, 1.807) is 21.9 Å². The van der Waals surface area contributed by atoms with E-state index in [0.29, 0.717) is 58.0 Å². The number of aliphatic carboxylic acids is 3. The van der Waals surface area contributed by atoms with Gasteiger partial charge in [0.1, 0.15) is 5.69 Å². The lowest BCUT2D eigenvalue weighted by Crippen LogP contribution is -2.59. The van der Waals surface area contributed by atoms with Gasteiger partial charge in [-0.2, -0.15) is 0 Å². The van der Waals surface area contributed by atoms with Gasteiger partial charge in [-0.1, -0.05) is 0 Å². The highest BCUT2D eigenvalue weighted by Crippen LogP contribution is 2.24. The van der Waals surface area contributed by atoms with E-state index < -0.39 is 17.9 Å². The minimum absolute atomic E-state index is 0.118. The first-order valence-electron chi connectivity index (χ1n) is 10.2. The van der Waals surface area contributed by atoms with Crippen LogP contribution in [0.15, 0.2) is 24.3 Å². The zero-order valence-electron chi connectivity index (χ0n) is 17.6. The van der Waals surface area contributed by atoms with Crippen LogP contribution >= 0.6 is 0 Å². The van der Waals surface area contributed by atoms with E-state index in [1.807, 2.05) is 12.1 Å². The summed E-state index contributed by atoms with van der Waals surface area (Å²) in [6, 6.07) is 7.11. The van der Waals surface area contributed by atoms with Gasteiger partial charge in [-0.15, -0.1) is 0 Å². The number of nitrogens with two attached hydrogens (primary N) is 1. The minimum Gasteiger partial charge on any atom is -0.480 e. The number of benzene rings is 1. The van der Waals surface area contributed by atoms with Crippen LogP contribution in [0, 0.1) is 0 Å². The molecule has 1 aliphatic rings. The second-order valence-corrected chi connectivity index (χ2v) is 7.83. The molecule has 11 nitrogen and oxygen atoms in total. The molecule has 1 saturated heterocycles. The molecule has 0 aliphatic carbocycles. The Labute approximate surface area is 181 Å². The zero-order valence-corrected chi connectivity index (χ0v) is 17.6. The van der Waals surface area contributed by atoms with E-state index in [0.717, 1.165) is 5.69 Å². The fourth-order valence-electron chi connectivity index (χ4n) is 3.86. The van der Waals surface area contributed by atoms with E-state index >= 15 is 0 Å².